The monoisotopic (exact) mass is 246 g/mol. The average molecular weight is 246 g/mol. The van der Waals surface area contributed by atoms with Crippen LogP contribution in [0, 0.1) is 0 Å². The number of ether oxygens (including phenoxy) is 1. The van der Waals surface area contributed by atoms with Gasteiger partial charge in [0.05, 0.1) is 19.8 Å². The van der Waals surface area contributed by atoms with Crippen molar-refractivity contribution < 1.29 is 14.9 Å². The van der Waals surface area contributed by atoms with Crippen molar-refractivity contribution in [2.24, 2.45) is 0 Å². The number of aliphatic hydroxyl groups is 2. The Balaban J connectivity index is 2.38. The molecule has 0 amide bonds. The Morgan fingerprint density at radius 1 is 1.17 bits per heavy atom. The third kappa shape index (κ3) is 2.63. The van der Waals surface area contributed by atoms with Gasteiger partial charge in [0.25, 0.3) is 0 Å². The molecule has 18 heavy (non-hydrogen) atoms. The fourth-order valence-electron chi connectivity index (χ4n) is 2.17. The van der Waals surface area contributed by atoms with E-state index in [-0.39, 0.29) is 6.61 Å². The molecule has 0 aliphatic rings. The minimum atomic E-state index is -0.673. The van der Waals surface area contributed by atoms with E-state index >= 15 is 0 Å². The van der Waals surface area contributed by atoms with Gasteiger partial charge in [-0.15, -0.1) is 0 Å². The molecule has 2 aromatic rings. The number of methoxy groups -OCH3 is 1. The van der Waals surface area contributed by atoms with Crippen LogP contribution < -0.4 is 4.74 Å². The molecule has 1 atom stereocenters. The third-order valence-corrected chi connectivity index (χ3v) is 3.16. The lowest BCUT2D eigenvalue weighted by molar-refractivity contribution is 0.0885. The van der Waals surface area contributed by atoms with Crippen LogP contribution in [0.1, 0.15) is 12.0 Å². The van der Waals surface area contributed by atoms with Gasteiger partial charge in [-0.3, -0.25) is 0 Å². The Kier molecular flexibility index (Phi) is 4.18. The lowest BCUT2D eigenvalue weighted by atomic mass is 9.98. The van der Waals surface area contributed by atoms with Crippen LogP contribution in [0.3, 0.4) is 0 Å². The fourth-order valence-corrected chi connectivity index (χ4v) is 2.17. The highest BCUT2D eigenvalue weighted by atomic mass is 16.5. The van der Waals surface area contributed by atoms with E-state index < -0.39 is 6.10 Å². The molecule has 3 heteroatoms. The van der Waals surface area contributed by atoms with Gasteiger partial charge in [-0.05, 0) is 29.7 Å². The minimum Gasteiger partial charge on any atom is -0.496 e. The molecule has 0 bridgehead atoms. The summed E-state index contributed by atoms with van der Waals surface area (Å²) in [6.45, 7) is -0.201. The first-order chi connectivity index (χ1) is 8.76. The van der Waals surface area contributed by atoms with Crippen LogP contribution in [0.4, 0.5) is 0 Å². The van der Waals surface area contributed by atoms with E-state index in [1.807, 2.05) is 24.3 Å². The second-order valence-corrected chi connectivity index (χ2v) is 4.34. The molecule has 3 nitrogen and oxygen atoms in total. The van der Waals surface area contributed by atoms with Crippen LogP contribution >= 0.6 is 0 Å². The molecule has 0 saturated heterocycles. The first-order valence-corrected chi connectivity index (χ1v) is 6.09. The van der Waals surface area contributed by atoms with E-state index in [9.17, 15) is 5.11 Å². The van der Waals surface area contributed by atoms with Crippen LogP contribution in [0.15, 0.2) is 36.4 Å². The number of fused-ring (bicyclic) bond motifs is 1. The predicted octanol–water partition coefficient (Wildman–Crippen LogP) is 2.13. The minimum absolute atomic E-state index is 0.201. The van der Waals surface area contributed by atoms with Gasteiger partial charge in [0.15, 0.2) is 0 Å². The maximum atomic E-state index is 9.46. The Morgan fingerprint density at radius 2 is 1.94 bits per heavy atom. The van der Waals surface area contributed by atoms with E-state index in [0.717, 1.165) is 22.1 Å². The quantitative estimate of drug-likeness (QED) is 0.849. The summed E-state index contributed by atoms with van der Waals surface area (Å²) in [5.41, 5.74) is 1.09. The smallest absolute Gasteiger partial charge is 0.122 e. The van der Waals surface area contributed by atoms with Gasteiger partial charge in [0.2, 0.25) is 0 Å². The molecule has 0 radical (unpaired) electrons. The van der Waals surface area contributed by atoms with E-state index in [1.54, 1.807) is 7.11 Å². The second-order valence-electron chi connectivity index (χ2n) is 4.34. The van der Waals surface area contributed by atoms with Crippen molar-refractivity contribution in [3.05, 3.63) is 42.0 Å². The van der Waals surface area contributed by atoms with Crippen LogP contribution in [0.2, 0.25) is 0 Å². The summed E-state index contributed by atoms with van der Waals surface area (Å²) < 4.78 is 5.38. The molecule has 0 aromatic heterocycles. The molecule has 0 heterocycles. The largest absolute Gasteiger partial charge is 0.496 e. The molecule has 0 saturated carbocycles. The van der Waals surface area contributed by atoms with Gasteiger partial charge in [-0.25, -0.2) is 0 Å². The number of rotatable bonds is 5. The van der Waals surface area contributed by atoms with Crippen LogP contribution in [-0.4, -0.2) is 30.0 Å². The number of aliphatic hydroxyl groups excluding tert-OH is 2. The Morgan fingerprint density at radius 3 is 2.67 bits per heavy atom. The molecule has 96 valence electrons. The predicted molar refractivity (Wildman–Crippen MR) is 71.9 cm³/mol. The number of hydrogen-bond acceptors (Lipinski definition) is 3. The molecular weight excluding hydrogens is 228 g/mol. The molecule has 2 rings (SSSR count). The molecule has 0 spiro atoms. The van der Waals surface area contributed by atoms with E-state index in [0.29, 0.717) is 12.8 Å². The van der Waals surface area contributed by atoms with Crippen LogP contribution in [0.25, 0.3) is 10.8 Å². The summed E-state index contributed by atoms with van der Waals surface area (Å²) >= 11 is 0. The van der Waals surface area contributed by atoms with Crippen molar-refractivity contribution in [1.82, 2.24) is 0 Å². The highest BCUT2D eigenvalue weighted by molar-refractivity contribution is 5.87. The zero-order chi connectivity index (χ0) is 13.0. The summed E-state index contributed by atoms with van der Waals surface area (Å²) in [4.78, 5) is 0. The van der Waals surface area contributed by atoms with Crippen molar-refractivity contribution in [1.29, 1.82) is 0 Å². The van der Waals surface area contributed by atoms with Gasteiger partial charge >= 0.3 is 0 Å². The summed E-state index contributed by atoms with van der Waals surface area (Å²) in [6, 6.07) is 12.1. The average Bonchev–Trinajstić information content (AvgIpc) is 2.44. The van der Waals surface area contributed by atoms with Gasteiger partial charge in [-0.1, -0.05) is 30.3 Å². The number of aryl methyl sites for hydroxylation is 1. The van der Waals surface area contributed by atoms with E-state index in [4.69, 9.17) is 9.84 Å². The van der Waals surface area contributed by atoms with Crippen molar-refractivity contribution in [3.63, 3.8) is 0 Å². The molecule has 2 aromatic carbocycles. The van der Waals surface area contributed by atoms with Crippen molar-refractivity contribution in [2.75, 3.05) is 13.7 Å². The first kappa shape index (κ1) is 12.9. The molecule has 0 aliphatic heterocycles. The summed E-state index contributed by atoms with van der Waals surface area (Å²) in [7, 11) is 1.65. The normalized spacial score (nSPS) is 12.6. The van der Waals surface area contributed by atoms with Crippen molar-refractivity contribution in [2.45, 2.75) is 18.9 Å². The first-order valence-electron chi connectivity index (χ1n) is 6.09. The number of benzene rings is 2. The van der Waals surface area contributed by atoms with Gasteiger partial charge in [-0.2, -0.15) is 0 Å². The lowest BCUT2D eigenvalue weighted by Gasteiger charge is -2.13. The van der Waals surface area contributed by atoms with E-state index in [2.05, 4.69) is 12.1 Å². The SMILES string of the molecule is COc1ccc2ccccc2c1CCC(O)CO. The highest BCUT2D eigenvalue weighted by Gasteiger charge is 2.10. The van der Waals surface area contributed by atoms with Crippen molar-refractivity contribution in [3.8, 4) is 5.75 Å². The van der Waals surface area contributed by atoms with Crippen molar-refractivity contribution >= 4 is 10.8 Å². The Labute approximate surface area is 107 Å². The summed E-state index contributed by atoms with van der Waals surface area (Å²) in [6.07, 6.45) is 0.543. The number of hydrogen-bond donors (Lipinski definition) is 2. The highest BCUT2D eigenvalue weighted by Crippen LogP contribution is 2.29. The fraction of sp³-hybridized carbons (Fsp3) is 0.333. The maximum absolute atomic E-state index is 9.46. The zero-order valence-corrected chi connectivity index (χ0v) is 10.5. The molecule has 2 N–H and O–H groups in total. The maximum Gasteiger partial charge on any atom is 0.122 e. The van der Waals surface area contributed by atoms with Crippen LogP contribution in [0.5, 0.6) is 5.75 Å². The summed E-state index contributed by atoms with van der Waals surface area (Å²) in [5, 5.41) is 20.6. The van der Waals surface area contributed by atoms with Gasteiger partial charge in [0, 0.05) is 5.56 Å². The molecule has 1 unspecified atom stereocenters. The topological polar surface area (TPSA) is 49.7 Å². The standard InChI is InChI=1S/C15H18O3/c1-18-15-9-6-11-4-2-3-5-13(11)14(15)8-7-12(17)10-16/h2-6,9,12,16-17H,7-8,10H2,1H3. The van der Waals surface area contributed by atoms with E-state index in [1.165, 1.54) is 0 Å². The molecule has 0 fully saturated rings. The molecule has 0 aliphatic carbocycles. The second kappa shape index (κ2) is 5.85. The van der Waals surface area contributed by atoms with Gasteiger partial charge < -0.3 is 14.9 Å². The van der Waals surface area contributed by atoms with Crippen LogP contribution in [-0.2, 0) is 6.42 Å². The Hall–Kier alpha value is -1.58. The zero-order valence-electron chi connectivity index (χ0n) is 10.5. The van der Waals surface area contributed by atoms with Gasteiger partial charge in [0.1, 0.15) is 5.75 Å². The Bertz CT molecular complexity index is 522. The molecular formula is C15H18O3. The third-order valence-electron chi connectivity index (χ3n) is 3.16. The lowest BCUT2D eigenvalue weighted by Crippen LogP contribution is -2.13. The summed E-state index contributed by atoms with van der Waals surface area (Å²) in [5.74, 6) is 0.832.